The first-order chi connectivity index (χ1) is 27.7. The van der Waals surface area contributed by atoms with E-state index in [1.165, 1.54) is 19.3 Å². The van der Waals surface area contributed by atoms with E-state index in [0.29, 0.717) is 46.1 Å². The van der Waals surface area contributed by atoms with Crippen LogP contribution in [0.1, 0.15) is 73.3 Å². The zero-order valence-corrected chi connectivity index (χ0v) is 34.2. The number of likely N-dealkylation sites (tertiary alicyclic amines) is 2. The molecule has 6 rings (SSSR count). The smallest absolute Gasteiger partial charge is 0.290 e. The van der Waals surface area contributed by atoms with Crippen LogP contribution in [0.4, 0.5) is 0 Å². The van der Waals surface area contributed by atoms with E-state index in [9.17, 15) is 10.1 Å². The number of pyridine rings is 1. The minimum atomic E-state index is -0.250. The first kappa shape index (κ1) is 43.3. The van der Waals surface area contributed by atoms with E-state index in [-0.39, 0.29) is 25.0 Å². The number of halogens is 2. The van der Waals surface area contributed by atoms with Gasteiger partial charge >= 0.3 is 0 Å². The summed E-state index contributed by atoms with van der Waals surface area (Å²) in [5.74, 6) is 1.94. The number of ether oxygens (including phenoxy) is 3. The first-order valence-corrected chi connectivity index (χ1v) is 20.2. The minimum Gasteiger partial charge on any atom is -0.492 e. The number of amides is 1. The summed E-state index contributed by atoms with van der Waals surface area (Å²) in [5, 5.41) is 20.4. The summed E-state index contributed by atoms with van der Waals surface area (Å²) in [7, 11) is 0. The molecule has 2 fully saturated rings. The largest absolute Gasteiger partial charge is 0.492 e. The minimum absolute atomic E-state index is 0.0428. The highest BCUT2D eigenvalue weighted by Gasteiger charge is 2.21. The van der Waals surface area contributed by atoms with Crippen molar-refractivity contribution >= 4 is 35.6 Å². The van der Waals surface area contributed by atoms with Gasteiger partial charge in [-0.2, -0.15) is 5.26 Å². The van der Waals surface area contributed by atoms with Gasteiger partial charge in [0.15, 0.2) is 0 Å². The normalized spacial score (nSPS) is 14.8. The molecule has 4 aromatic rings. The van der Waals surface area contributed by atoms with Crippen LogP contribution in [0.25, 0.3) is 11.1 Å². The molecule has 2 saturated heterocycles. The molecule has 11 nitrogen and oxygen atoms in total. The van der Waals surface area contributed by atoms with Crippen molar-refractivity contribution in [1.82, 2.24) is 20.1 Å². The van der Waals surface area contributed by atoms with Gasteiger partial charge in [-0.25, -0.2) is 0 Å². The molecule has 0 radical (unpaired) electrons. The molecule has 0 atom stereocenters. The fourth-order valence-corrected chi connectivity index (χ4v) is 7.79. The Morgan fingerprint density at radius 1 is 0.912 bits per heavy atom. The number of carbonyl (C=O) groups is 2. The fraction of sp³-hybridized carbons (Fsp3) is 0.409. The molecule has 0 aliphatic carbocycles. The molecule has 3 heterocycles. The van der Waals surface area contributed by atoms with E-state index < -0.39 is 0 Å². The van der Waals surface area contributed by atoms with E-state index in [1.807, 2.05) is 36.4 Å². The molecule has 0 unspecified atom stereocenters. The lowest BCUT2D eigenvalue weighted by atomic mass is 9.96. The Labute approximate surface area is 345 Å². The van der Waals surface area contributed by atoms with E-state index >= 15 is 0 Å². The maximum Gasteiger partial charge on any atom is 0.290 e. The molecule has 2 aliphatic rings. The van der Waals surface area contributed by atoms with Crippen molar-refractivity contribution in [2.24, 2.45) is 0 Å². The third-order valence-electron chi connectivity index (χ3n) is 10.2. The van der Waals surface area contributed by atoms with Crippen LogP contribution in [0.5, 0.6) is 17.2 Å². The van der Waals surface area contributed by atoms with Gasteiger partial charge in [-0.05, 0) is 87.0 Å². The van der Waals surface area contributed by atoms with Crippen molar-refractivity contribution in [1.29, 1.82) is 5.26 Å². The van der Waals surface area contributed by atoms with Gasteiger partial charge in [-0.3, -0.25) is 19.5 Å². The van der Waals surface area contributed by atoms with Gasteiger partial charge in [0, 0.05) is 74.3 Å². The van der Waals surface area contributed by atoms with Crippen LogP contribution in [-0.2, 0) is 29.3 Å². The molecule has 13 heteroatoms. The second-order valence-corrected chi connectivity index (χ2v) is 15.1. The van der Waals surface area contributed by atoms with Crippen molar-refractivity contribution in [3.8, 4) is 34.4 Å². The molecule has 0 saturated carbocycles. The van der Waals surface area contributed by atoms with Crippen LogP contribution in [-0.4, -0.2) is 77.6 Å². The van der Waals surface area contributed by atoms with Crippen LogP contribution >= 0.6 is 23.2 Å². The molecular formula is C44H51Cl2N5O6. The summed E-state index contributed by atoms with van der Waals surface area (Å²) in [6, 6.07) is 20.1. The van der Waals surface area contributed by atoms with E-state index in [2.05, 4.69) is 45.2 Å². The maximum absolute atomic E-state index is 11.4. The Kier molecular flexibility index (Phi) is 16.8. The average molecular weight is 817 g/mol. The third kappa shape index (κ3) is 12.8. The molecule has 3 aromatic carbocycles. The second kappa shape index (κ2) is 22.2. The quantitative estimate of drug-likeness (QED) is 0.0889. The number of benzene rings is 3. The summed E-state index contributed by atoms with van der Waals surface area (Å²) in [6.07, 6.45) is 9.71. The summed E-state index contributed by atoms with van der Waals surface area (Å²) in [6.45, 7) is 10.2. The molecule has 2 aliphatic heterocycles. The molecule has 1 aromatic heterocycles. The van der Waals surface area contributed by atoms with Crippen molar-refractivity contribution < 1.29 is 28.9 Å². The number of hydrogen-bond donors (Lipinski definition) is 2. The fourth-order valence-electron chi connectivity index (χ4n) is 7.27. The lowest BCUT2D eigenvalue weighted by Crippen LogP contribution is -2.44. The molecule has 302 valence electrons. The molecule has 0 bridgehead atoms. The lowest BCUT2D eigenvalue weighted by Gasteiger charge is -2.32. The molecule has 57 heavy (non-hydrogen) atoms. The SMILES string of the molecule is CC(=O)NC1CCN(CCCOc2cccc(-c3cccc(COc4cc(OCc5cncc(C#N)c5)c(CN5CCCCC5)cc4Cl)c3C)c2Cl)CC1.O=CO. The van der Waals surface area contributed by atoms with Crippen LogP contribution in [0.3, 0.4) is 0 Å². The van der Waals surface area contributed by atoms with E-state index in [4.69, 9.17) is 47.3 Å². The monoisotopic (exact) mass is 815 g/mol. The van der Waals surface area contributed by atoms with Gasteiger partial charge < -0.3 is 29.5 Å². The van der Waals surface area contributed by atoms with Crippen LogP contribution in [0, 0.1) is 18.3 Å². The standard InChI is InChI=1S/C43H49Cl2N5O4.CH2O2/c1-30-34(9-6-10-37(30)38-11-7-12-40(43(38)45)52-20-8-17-49-18-13-36(14-19-49)48-31(2)51)29-54-42-23-41(53-28-33-21-32(24-46)25-47-26-33)35(22-39(42)44)27-50-15-4-3-5-16-50;2-1-3/h6-7,9-12,21-23,25-26,36H,3-5,8,13-20,27-29H2,1-2H3,(H,48,51);1H,(H,2,3). The number of hydrogen-bond acceptors (Lipinski definition) is 9. The van der Waals surface area contributed by atoms with Gasteiger partial charge in [-0.15, -0.1) is 0 Å². The van der Waals surface area contributed by atoms with Crippen molar-refractivity contribution in [2.45, 2.75) is 78.2 Å². The van der Waals surface area contributed by atoms with Gasteiger partial charge in [0.2, 0.25) is 5.91 Å². The summed E-state index contributed by atoms with van der Waals surface area (Å²) in [4.78, 5) is 28.8. The Hall–Kier alpha value is -4.86. The van der Waals surface area contributed by atoms with Crippen LogP contribution in [0.15, 0.2) is 67.0 Å². The Balaban J connectivity index is 0.00000200. The summed E-state index contributed by atoms with van der Waals surface area (Å²) < 4.78 is 19.0. The third-order valence-corrected chi connectivity index (χ3v) is 10.9. The topological polar surface area (TPSA) is 137 Å². The second-order valence-electron chi connectivity index (χ2n) is 14.3. The highest BCUT2D eigenvalue weighted by Crippen LogP contribution is 2.39. The summed E-state index contributed by atoms with van der Waals surface area (Å²) in [5.41, 5.74) is 6.27. The molecule has 0 spiro atoms. The van der Waals surface area contributed by atoms with Crippen molar-refractivity contribution in [3.63, 3.8) is 0 Å². The van der Waals surface area contributed by atoms with Gasteiger partial charge in [0.25, 0.3) is 6.47 Å². The molecule has 1 amide bonds. The van der Waals surface area contributed by atoms with Crippen molar-refractivity contribution in [2.75, 3.05) is 39.3 Å². The zero-order chi connectivity index (χ0) is 40.6. The number of carbonyl (C=O) groups excluding carboxylic acids is 1. The Morgan fingerprint density at radius 2 is 1.63 bits per heavy atom. The average Bonchev–Trinajstić information content (AvgIpc) is 3.21. The molecule has 2 N–H and O–H groups in total. The van der Waals surface area contributed by atoms with Crippen LogP contribution in [0.2, 0.25) is 10.0 Å². The number of nitrogens with zero attached hydrogens (tertiary/aromatic N) is 4. The number of piperidine rings is 2. The maximum atomic E-state index is 11.4. The zero-order valence-electron chi connectivity index (χ0n) is 32.6. The van der Waals surface area contributed by atoms with Crippen LogP contribution < -0.4 is 19.5 Å². The number of nitrogens with one attached hydrogen (secondary N) is 1. The van der Waals surface area contributed by atoms with Gasteiger partial charge in [0.1, 0.15) is 36.5 Å². The predicted molar refractivity (Wildman–Crippen MR) is 222 cm³/mol. The van der Waals surface area contributed by atoms with Gasteiger partial charge in [-0.1, -0.05) is 60.0 Å². The predicted octanol–water partition coefficient (Wildman–Crippen LogP) is 8.45. The first-order valence-electron chi connectivity index (χ1n) is 19.4. The van der Waals surface area contributed by atoms with Crippen molar-refractivity contribution in [3.05, 3.63) is 105 Å². The Morgan fingerprint density at radius 3 is 2.37 bits per heavy atom. The number of rotatable bonds is 15. The highest BCUT2D eigenvalue weighted by atomic mass is 35.5. The van der Waals surface area contributed by atoms with E-state index in [0.717, 1.165) is 91.9 Å². The highest BCUT2D eigenvalue weighted by molar-refractivity contribution is 6.35. The molecular weight excluding hydrogens is 765 g/mol. The van der Waals surface area contributed by atoms with Gasteiger partial charge in [0.05, 0.1) is 22.2 Å². The number of aromatic nitrogens is 1. The van der Waals surface area contributed by atoms with E-state index in [1.54, 1.807) is 25.4 Å². The number of nitriles is 1. The lowest BCUT2D eigenvalue weighted by molar-refractivity contribution is -0.123. The summed E-state index contributed by atoms with van der Waals surface area (Å²) >= 11 is 13.9. The Bertz CT molecular complexity index is 1990. The number of carboxylic acid groups (broad SMARTS) is 1.